The summed E-state index contributed by atoms with van der Waals surface area (Å²) in [5.41, 5.74) is 0.972. The van der Waals surface area contributed by atoms with Gasteiger partial charge in [-0.05, 0) is 37.3 Å². The second kappa shape index (κ2) is 7.75. The van der Waals surface area contributed by atoms with Crippen LogP contribution in [0.3, 0.4) is 0 Å². The molecule has 0 radical (unpaired) electrons. The Balaban J connectivity index is 1.99. The van der Waals surface area contributed by atoms with Crippen molar-refractivity contribution in [3.63, 3.8) is 0 Å². The molecule has 0 heterocycles. The Bertz CT molecular complexity index is 665. The number of hydrogen-bond acceptors (Lipinski definition) is 4. The summed E-state index contributed by atoms with van der Waals surface area (Å²) in [4.78, 5) is 23.7. The van der Waals surface area contributed by atoms with E-state index in [-0.39, 0.29) is 12.4 Å². The number of benzene rings is 2. The molecule has 0 saturated heterocycles. The molecule has 0 aliphatic heterocycles. The second-order valence-corrected chi connectivity index (χ2v) is 5.38. The van der Waals surface area contributed by atoms with Gasteiger partial charge in [0, 0.05) is 10.0 Å². The van der Waals surface area contributed by atoms with Crippen molar-refractivity contribution in [2.24, 2.45) is 0 Å². The van der Waals surface area contributed by atoms with Crippen molar-refractivity contribution in [3.05, 3.63) is 64.1 Å². The van der Waals surface area contributed by atoms with Crippen LogP contribution in [0.5, 0.6) is 5.75 Å². The SMILES string of the molecule is CCOC(=O)c1cccc(OCC(=O)c2ccc(Br)cc2)c1. The molecule has 2 rings (SSSR count). The fraction of sp³-hybridized carbons (Fsp3) is 0.176. The van der Waals surface area contributed by atoms with Crippen molar-refractivity contribution < 1.29 is 19.1 Å². The maximum atomic E-state index is 12.0. The molecule has 114 valence electrons. The molecule has 2 aromatic rings. The predicted molar refractivity (Wildman–Crippen MR) is 86.4 cm³/mol. The zero-order chi connectivity index (χ0) is 15.9. The highest BCUT2D eigenvalue weighted by atomic mass is 79.9. The zero-order valence-corrected chi connectivity index (χ0v) is 13.6. The third-order valence-corrected chi connectivity index (χ3v) is 3.41. The van der Waals surface area contributed by atoms with Crippen LogP contribution >= 0.6 is 15.9 Å². The van der Waals surface area contributed by atoms with Crippen LogP contribution in [-0.2, 0) is 4.74 Å². The minimum absolute atomic E-state index is 0.0894. The molecule has 2 aromatic carbocycles. The molecule has 0 saturated carbocycles. The first-order valence-electron chi connectivity index (χ1n) is 6.79. The van der Waals surface area contributed by atoms with Crippen LogP contribution in [0.1, 0.15) is 27.6 Å². The van der Waals surface area contributed by atoms with E-state index in [1.54, 1.807) is 55.5 Å². The second-order valence-electron chi connectivity index (χ2n) is 4.47. The lowest BCUT2D eigenvalue weighted by atomic mass is 10.1. The lowest BCUT2D eigenvalue weighted by Crippen LogP contribution is -2.12. The van der Waals surface area contributed by atoms with Crippen LogP contribution < -0.4 is 4.74 Å². The molecule has 0 aliphatic rings. The number of carbonyl (C=O) groups is 2. The van der Waals surface area contributed by atoms with Gasteiger partial charge in [-0.3, -0.25) is 4.79 Å². The van der Waals surface area contributed by atoms with E-state index in [0.717, 1.165) is 4.47 Å². The van der Waals surface area contributed by atoms with E-state index >= 15 is 0 Å². The molecule has 0 spiro atoms. The summed E-state index contributed by atoms with van der Waals surface area (Å²) in [6.45, 7) is 1.97. The maximum absolute atomic E-state index is 12.0. The predicted octanol–water partition coefficient (Wildman–Crippen LogP) is 3.89. The summed E-state index contributed by atoms with van der Waals surface area (Å²) in [7, 11) is 0. The first-order chi connectivity index (χ1) is 10.6. The number of Topliss-reactive ketones (excluding diaryl/α,β-unsaturated/α-hetero) is 1. The van der Waals surface area contributed by atoms with E-state index < -0.39 is 5.97 Å². The Labute approximate surface area is 137 Å². The Morgan fingerprint density at radius 2 is 1.77 bits per heavy atom. The van der Waals surface area contributed by atoms with E-state index in [9.17, 15) is 9.59 Å². The van der Waals surface area contributed by atoms with Gasteiger partial charge in [-0.15, -0.1) is 0 Å². The molecule has 0 fully saturated rings. The summed E-state index contributed by atoms with van der Waals surface area (Å²) in [5.74, 6) is -0.0859. The van der Waals surface area contributed by atoms with E-state index in [2.05, 4.69) is 15.9 Å². The number of halogens is 1. The smallest absolute Gasteiger partial charge is 0.338 e. The highest BCUT2D eigenvalue weighted by Crippen LogP contribution is 2.15. The molecule has 0 amide bonds. The van der Waals surface area contributed by atoms with Gasteiger partial charge in [0.25, 0.3) is 0 Å². The first-order valence-corrected chi connectivity index (χ1v) is 7.58. The van der Waals surface area contributed by atoms with E-state index in [1.807, 2.05) is 0 Å². The minimum atomic E-state index is -0.410. The van der Waals surface area contributed by atoms with Gasteiger partial charge in [0.15, 0.2) is 12.4 Å². The number of hydrogen-bond donors (Lipinski definition) is 0. The number of esters is 1. The molecular formula is C17H15BrO4. The van der Waals surface area contributed by atoms with Gasteiger partial charge in [-0.2, -0.15) is 0 Å². The Morgan fingerprint density at radius 1 is 1.05 bits per heavy atom. The highest BCUT2D eigenvalue weighted by Gasteiger charge is 2.10. The van der Waals surface area contributed by atoms with Gasteiger partial charge < -0.3 is 9.47 Å². The largest absolute Gasteiger partial charge is 0.485 e. The minimum Gasteiger partial charge on any atom is -0.485 e. The third-order valence-electron chi connectivity index (χ3n) is 2.88. The normalized spacial score (nSPS) is 10.1. The van der Waals surface area contributed by atoms with Crippen LogP contribution in [0.25, 0.3) is 0 Å². The molecular weight excluding hydrogens is 348 g/mol. The number of carbonyl (C=O) groups excluding carboxylic acids is 2. The van der Waals surface area contributed by atoms with Gasteiger partial charge in [-0.1, -0.05) is 34.1 Å². The third kappa shape index (κ3) is 4.43. The van der Waals surface area contributed by atoms with Gasteiger partial charge in [0.2, 0.25) is 0 Å². The lowest BCUT2D eigenvalue weighted by molar-refractivity contribution is 0.0526. The molecule has 0 atom stereocenters. The van der Waals surface area contributed by atoms with Crippen LogP contribution in [-0.4, -0.2) is 25.0 Å². The van der Waals surface area contributed by atoms with Crippen molar-refractivity contribution >= 4 is 27.7 Å². The molecule has 4 nitrogen and oxygen atoms in total. The van der Waals surface area contributed by atoms with Gasteiger partial charge in [0.05, 0.1) is 12.2 Å². The Morgan fingerprint density at radius 3 is 2.45 bits per heavy atom. The molecule has 0 unspecified atom stereocenters. The standard InChI is InChI=1S/C17H15BrO4/c1-2-21-17(20)13-4-3-5-15(10-13)22-11-16(19)12-6-8-14(18)9-7-12/h3-10H,2,11H2,1H3. The quantitative estimate of drug-likeness (QED) is 0.577. The number of rotatable bonds is 6. The Kier molecular flexibility index (Phi) is 5.72. The zero-order valence-electron chi connectivity index (χ0n) is 12.0. The van der Waals surface area contributed by atoms with Crippen molar-refractivity contribution in [2.45, 2.75) is 6.92 Å². The topological polar surface area (TPSA) is 52.6 Å². The molecule has 0 bridgehead atoms. The summed E-state index contributed by atoms with van der Waals surface area (Å²) < 4.78 is 11.3. The van der Waals surface area contributed by atoms with Crippen LogP contribution in [0.15, 0.2) is 53.0 Å². The lowest BCUT2D eigenvalue weighted by Gasteiger charge is -2.07. The number of ketones is 1. The summed E-state index contributed by atoms with van der Waals surface area (Å²) in [6.07, 6.45) is 0. The van der Waals surface area contributed by atoms with Crippen LogP contribution in [0.4, 0.5) is 0 Å². The molecule has 0 aliphatic carbocycles. The summed E-state index contributed by atoms with van der Waals surface area (Å²) in [5, 5.41) is 0. The van der Waals surface area contributed by atoms with Gasteiger partial charge in [0.1, 0.15) is 5.75 Å². The highest BCUT2D eigenvalue weighted by molar-refractivity contribution is 9.10. The van der Waals surface area contributed by atoms with Crippen molar-refractivity contribution in [1.29, 1.82) is 0 Å². The van der Waals surface area contributed by atoms with Crippen molar-refractivity contribution in [1.82, 2.24) is 0 Å². The maximum Gasteiger partial charge on any atom is 0.338 e. The first kappa shape index (κ1) is 16.2. The molecule has 22 heavy (non-hydrogen) atoms. The monoisotopic (exact) mass is 362 g/mol. The molecule has 0 N–H and O–H groups in total. The van der Waals surface area contributed by atoms with E-state index in [0.29, 0.717) is 23.5 Å². The fourth-order valence-electron chi connectivity index (χ4n) is 1.80. The Hall–Kier alpha value is -2.14. The van der Waals surface area contributed by atoms with Crippen LogP contribution in [0, 0.1) is 0 Å². The van der Waals surface area contributed by atoms with Crippen LogP contribution in [0.2, 0.25) is 0 Å². The van der Waals surface area contributed by atoms with Gasteiger partial charge in [-0.25, -0.2) is 4.79 Å². The summed E-state index contributed by atoms with van der Waals surface area (Å²) in [6, 6.07) is 13.6. The number of ether oxygens (including phenoxy) is 2. The fourth-order valence-corrected chi connectivity index (χ4v) is 2.06. The van der Waals surface area contributed by atoms with E-state index in [4.69, 9.17) is 9.47 Å². The van der Waals surface area contributed by atoms with Crippen molar-refractivity contribution in [2.75, 3.05) is 13.2 Å². The molecule has 0 aromatic heterocycles. The average Bonchev–Trinajstić information content (AvgIpc) is 2.54. The van der Waals surface area contributed by atoms with Gasteiger partial charge >= 0.3 is 5.97 Å². The van der Waals surface area contributed by atoms with Crippen molar-refractivity contribution in [3.8, 4) is 5.75 Å². The summed E-state index contributed by atoms with van der Waals surface area (Å²) >= 11 is 3.32. The van der Waals surface area contributed by atoms with E-state index in [1.165, 1.54) is 0 Å². The average molecular weight is 363 g/mol. The molecule has 5 heteroatoms.